The van der Waals surface area contributed by atoms with E-state index in [0.29, 0.717) is 5.92 Å². The van der Waals surface area contributed by atoms with Crippen molar-refractivity contribution in [2.24, 2.45) is 5.92 Å². The van der Waals surface area contributed by atoms with Crippen LogP contribution in [0.3, 0.4) is 0 Å². The summed E-state index contributed by atoms with van der Waals surface area (Å²) >= 11 is 0. The summed E-state index contributed by atoms with van der Waals surface area (Å²) < 4.78 is 1.79. The van der Waals surface area contributed by atoms with E-state index in [1.807, 2.05) is 19.2 Å². The Morgan fingerprint density at radius 3 is 2.81 bits per heavy atom. The highest BCUT2D eigenvalue weighted by atomic mass is 16.2. The molecule has 0 saturated carbocycles. The van der Waals surface area contributed by atoms with E-state index in [2.05, 4.69) is 48.2 Å². The summed E-state index contributed by atoms with van der Waals surface area (Å²) in [5.74, 6) is 0.678. The Kier molecular flexibility index (Phi) is 5.64. The van der Waals surface area contributed by atoms with E-state index in [9.17, 15) is 4.79 Å². The van der Waals surface area contributed by atoms with Crippen LogP contribution in [0.4, 0.5) is 11.4 Å². The first-order chi connectivity index (χ1) is 12.5. The molecule has 0 fully saturated rings. The van der Waals surface area contributed by atoms with Gasteiger partial charge in [-0.15, -0.1) is 0 Å². The van der Waals surface area contributed by atoms with E-state index in [-0.39, 0.29) is 12.5 Å². The highest BCUT2D eigenvalue weighted by molar-refractivity contribution is 5.91. The number of carbonyl (C=O) groups is 1. The van der Waals surface area contributed by atoms with Gasteiger partial charge in [0.25, 0.3) is 0 Å². The van der Waals surface area contributed by atoms with Gasteiger partial charge >= 0.3 is 0 Å². The largest absolute Gasteiger partial charge is 0.372 e. The molecule has 1 aromatic heterocycles. The monoisotopic (exact) mass is 354 g/mol. The van der Waals surface area contributed by atoms with Gasteiger partial charge in [0.2, 0.25) is 5.91 Å². The molecule has 2 aromatic rings. The fourth-order valence-corrected chi connectivity index (χ4v) is 3.74. The van der Waals surface area contributed by atoms with E-state index in [4.69, 9.17) is 0 Å². The number of rotatable bonds is 6. The Bertz CT molecular complexity index is 776. The molecule has 0 bridgehead atoms. The van der Waals surface area contributed by atoms with Gasteiger partial charge in [0.05, 0.1) is 5.69 Å². The number of aryl methyl sites for hydroxylation is 2. The lowest BCUT2D eigenvalue weighted by atomic mass is 9.89. The van der Waals surface area contributed by atoms with Crippen molar-refractivity contribution in [2.75, 3.05) is 23.3 Å². The van der Waals surface area contributed by atoms with Crippen LogP contribution >= 0.6 is 0 Å². The summed E-state index contributed by atoms with van der Waals surface area (Å²) in [6.07, 6.45) is 5.33. The Balaban J connectivity index is 1.65. The second kappa shape index (κ2) is 7.94. The highest BCUT2D eigenvalue weighted by Gasteiger charge is 2.19. The zero-order valence-electron chi connectivity index (χ0n) is 16.4. The second-order valence-corrected chi connectivity index (χ2v) is 7.37. The first-order valence-corrected chi connectivity index (χ1v) is 9.70. The molecule has 1 heterocycles. The molecule has 1 aliphatic rings. The maximum Gasteiger partial charge on any atom is 0.246 e. The third-order valence-corrected chi connectivity index (χ3v) is 5.29. The molecule has 1 amide bonds. The van der Waals surface area contributed by atoms with Crippen molar-refractivity contribution in [1.29, 1.82) is 0 Å². The van der Waals surface area contributed by atoms with Crippen LogP contribution in [0.15, 0.2) is 24.4 Å². The normalized spacial score (nSPS) is 16.2. The molecular formula is C21H30N4O. The number of fused-ring (bicyclic) bond motifs is 1. The molecule has 1 aliphatic carbocycles. The minimum atomic E-state index is -0.0309. The average molecular weight is 354 g/mol. The number of hydrogen-bond acceptors (Lipinski definition) is 3. The van der Waals surface area contributed by atoms with Crippen LogP contribution in [0, 0.1) is 12.8 Å². The van der Waals surface area contributed by atoms with E-state index >= 15 is 0 Å². The molecule has 140 valence electrons. The Hall–Kier alpha value is -2.30. The molecule has 1 atom stereocenters. The third-order valence-electron chi connectivity index (χ3n) is 5.29. The van der Waals surface area contributed by atoms with E-state index in [0.717, 1.165) is 42.9 Å². The first kappa shape index (κ1) is 18.5. The molecule has 5 heteroatoms. The summed E-state index contributed by atoms with van der Waals surface area (Å²) in [4.78, 5) is 14.8. The van der Waals surface area contributed by atoms with E-state index < -0.39 is 0 Å². The van der Waals surface area contributed by atoms with Gasteiger partial charge in [0.15, 0.2) is 0 Å². The predicted octanol–water partition coefficient (Wildman–Crippen LogP) is 3.80. The lowest BCUT2D eigenvalue weighted by Crippen LogP contribution is -2.22. The highest BCUT2D eigenvalue weighted by Crippen LogP contribution is 2.25. The second-order valence-electron chi connectivity index (χ2n) is 7.37. The summed E-state index contributed by atoms with van der Waals surface area (Å²) in [7, 11) is 0. The third kappa shape index (κ3) is 4.09. The van der Waals surface area contributed by atoms with Gasteiger partial charge in [-0.05, 0) is 75.3 Å². The van der Waals surface area contributed by atoms with Gasteiger partial charge in [-0.1, -0.05) is 6.92 Å². The number of nitrogens with one attached hydrogen (secondary N) is 1. The lowest BCUT2D eigenvalue weighted by molar-refractivity contribution is -0.116. The number of hydrogen-bond donors (Lipinski definition) is 1. The van der Waals surface area contributed by atoms with Crippen molar-refractivity contribution in [3.8, 4) is 0 Å². The Labute approximate surface area is 156 Å². The van der Waals surface area contributed by atoms with Crippen LogP contribution in [0.2, 0.25) is 0 Å². The molecule has 0 radical (unpaired) electrons. The quantitative estimate of drug-likeness (QED) is 0.858. The predicted molar refractivity (Wildman–Crippen MR) is 107 cm³/mol. The number of amides is 1. The lowest BCUT2D eigenvalue weighted by Gasteiger charge is -2.22. The van der Waals surface area contributed by atoms with Crippen molar-refractivity contribution in [3.05, 3.63) is 41.2 Å². The van der Waals surface area contributed by atoms with Crippen LogP contribution in [-0.4, -0.2) is 28.8 Å². The molecule has 3 rings (SSSR count). The SMILES string of the molecule is CCN(CC)c1ccc(NC(=O)Cn2cc3c(n2)CC[C@@H](C)C3)c(C)c1. The van der Waals surface area contributed by atoms with Crippen LogP contribution in [-0.2, 0) is 24.2 Å². The molecule has 1 aromatic carbocycles. The molecule has 0 spiro atoms. The standard InChI is InChI=1S/C21H30N4O/c1-5-24(6-2)18-8-10-19(16(4)12-18)22-21(26)14-25-13-17-11-15(3)7-9-20(17)23-25/h8,10,12-13,15H,5-7,9,11,14H2,1-4H3,(H,22,26)/t15-/m1/s1. The van der Waals surface area contributed by atoms with E-state index in [1.54, 1.807) is 4.68 Å². The van der Waals surface area contributed by atoms with Crippen LogP contribution in [0.25, 0.3) is 0 Å². The number of nitrogens with zero attached hydrogens (tertiary/aromatic N) is 3. The summed E-state index contributed by atoms with van der Waals surface area (Å²) in [5.41, 5.74) is 5.61. The molecule has 0 saturated heterocycles. The summed E-state index contributed by atoms with van der Waals surface area (Å²) in [6, 6.07) is 6.21. The van der Waals surface area contributed by atoms with Crippen molar-refractivity contribution >= 4 is 17.3 Å². The molecule has 0 unspecified atom stereocenters. The Morgan fingerprint density at radius 1 is 1.35 bits per heavy atom. The molecule has 5 nitrogen and oxygen atoms in total. The minimum Gasteiger partial charge on any atom is -0.372 e. The molecule has 0 aliphatic heterocycles. The van der Waals surface area contributed by atoms with Gasteiger partial charge in [-0.2, -0.15) is 5.10 Å². The average Bonchev–Trinajstić information content (AvgIpc) is 2.99. The molecule has 1 N–H and O–H groups in total. The number of benzene rings is 1. The fraction of sp³-hybridized carbons (Fsp3) is 0.524. The summed E-state index contributed by atoms with van der Waals surface area (Å²) in [5, 5.41) is 7.63. The van der Waals surface area contributed by atoms with Gasteiger partial charge < -0.3 is 10.2 Å². The zero-order valence-corrected chi connectivity index (χ0v) is 16.4. The fourth-order valence-electron chi connectivity index (χ4n) is 3.74. The van der Waals surface area contributed by atoms with Crippen molar-refractivity contribution in [3.63, 3.8) is 0 Å². The van der Waals surface area contributed by atoms with Crippen LogP contribution < -0.4 is 10.2 Å². The maximum absolute atomic E-state index is 12.5. The van der Waals surface area contributed by atoms with Crippen molar-refractivity contribution in [2.45, 2.75) is 53.5 Å². The van der Waals surface area contributed by atoms with Gasteiger partial charge in [-0.25, -0.2) is 0 Å². The van der Waals surface area contributed by atoms with Crippen LogP contribution in [0.1, 0.15) is 44.0 Å². The smallest absolute Gasteiger partial charge is 0.246 e. The number of carbonyl (C=O) groups excluding carboxylic acids is 1. The van der Waals surface area contributed by atoms with Gasteiger partial charge in [0, 0.05) is 30.7 Å². The van der Waals surface area contributed by atoms with Gasteiger partial charge in [-0.3, -0.25) is 9.48 Å². The Morgan fingerprint density at radius 2 is 2.12 bits per heavy atom. The maximum atomic E-state index is 12.5. The van der Waals surface area contributed by atoms with Crippen LogP contribution in [0.5, 0.6) is 0 Å². The number of aromatic nitrogens is 2. The zero-order chi connectivity index (χ0) is 18.7. The molecule has 26 heavy (non-hydrogen) atoms. The van der Waals surface area contributed by atoms with Crippen molar-refractivity contribution < 1.29 is 4.79 Å². The topological polar surface area (TPSA) is 50.2 Å². The minimum absolute atomic E-state index is 0.0309. The van der Waals surface area contributed by atoms with Crippen molar-refractivity contribution in [1.82, 2.24) is 9.78 Å². The first-order valence-electron chi connectivity index (χ1n) is 9.70. The van der Waals surface area contributed by atoms with Gasteiger partial charge in [0.1, 0.15) is 6.54 Å². The van der Waals surface area contributed by atoms with E-state index in [1.165, 1.54) is 17.7 Å². The molecular weight excluding hydrogens is 324 g/mol. The summed E-state index contributed by atoms with van der Waals surface area (Å²) in [6.45, 7) is 10.8. The number of anilines is 2.